The van der Waals surface area contributed by atoms with E-state index >= 15 is 0 Å². The minimum absolute atomic E-state index is 0. The smallest absolute Gasteiger partial charge is 1.00 e. The number of aryl methyl sites for hydroxylation is 3. The molecular formula is C24H31Cl3SiTi. The summed E-state index contributed by atoms with van der Waals surface area (Å²) >= 11 is 2.55. The van der Waals surface area contributed by atoms with Gasteiger partial charge in [-0.1, -0.05) is 0 Å². The Labute approximate surface area is 209 Å². The summed E-state index contributed by atoms with van der Waals surface area (Å²) in [4.78, 5) is 0. The Morgan fingerprint density at radius 1 is 0.897 bits per heavy atom. The summed E-state index contributed by atoms with van der Waals surface area (Å²) in [6, 6.07) is 15.3. The summed E-state index contributed by atoms with van der Waals surface area (Å²) in [6.45, 7) is 11.6. The van der Waals surface area contributed by atoms with Gasteiger partial charge in [0.15, 0.2) is 0 Å². The van der Waals surface area contributed by atoms with E-state index in [9.17, 15) is 0 Å². The van der Waals surface area contributed by atoms with E-state index in [0.717, 1.165) is 0 Å². The number of rotatable bonds is 6. The first-order valence-electron chi connectivity index (χ1n) is 10.0. The number of unbranched alkanes of at least 4 members (excludes halogenated alkanes) is 2. The third-order valence-corrected chi connectivity index (χ3v) is 13.2. The molecule has 0 heterocycles. The number of allylic oxidation sites excluding steroid dienone is 1. The minimum atomic E-state index is -1.25. The van der Waals surface area contributed by atoms with Gasteiger partial charge in [-0.2, -0.15) is 0 Å². The number of halogens is 3. The molecule has 0 aliphatic heterocycles. The van der Waals surface area contributed by atoms with E-state index in [1.807, 2.05) is 0 Å². The summed E-state index contributed by atoms with van der Waals surface area (Å²) in [7, 11) is -1.25. The van der Waals surface area contributed by atoms with E-state index in [1.165, 1.54) is 47.6 Å². The van der Waals surface area contributed by atoms with Gasteiger partial charge in [0.25, 0.3) is 0 Å². The molecule has 0 fully saturated rings. The molecule has 5 heteroatoms. The fourth-order valence-corrected chi connectivity index (χ4v) is 11.1. The van der Waals surface area contributed by atoms with Crippen LogP contribution in [0.25, 0.3) is 6.08 Å². The molecule has 2 unspecified atom stereocenters. The van der Waals surface area contributed by atoms with Gasteiger partial charge in [0.1, 0.15) is 0 Å². The second-order valence-electron chi connectivity index (χ2n) is 8.08. The average Bonchev–Trinajstić information content (AvgIpc) is 2.85. The fraction of sp³-hybridized carbons (Fsp3) is 0.417. The zero-order valence-corrected chi connectivity index (χ0v) is 23.1. The molecule has 0 radical (unpaired) electrons. The monoisotopic (exact) mass is 500 g/mol. The van der Waals surface area contributed by atoms with Crippen LogP contribution in [-0.4, -0.2) is 8.80 Å². The maximum Gasteiger partial charge on any atom is -1.00 e. The summed E-state index contributed by atoms with van der Waals surface area (Å²) in [5, 5.41) is 1.72. The van der Waals surface area contributed by atoms with Crippen molar-refractivity contribution in [2.24, 2.45) is 0 Å². The number of hydrogen-bond donors (Lipinski definition) is 0. The van der Waals surface area contributed by atoms with Gasteiger partial charge in [-0.15, -0.1) is 0 Å². The maximum atomic E-state index is 2.55. The number of hydrogen-bond acceptors (Lipinski definition) is 0. The van der Waals surface area contributed by atoms with Crippen LogP contribution in [-0.2, 0) is 23.8 Å². The van der Waals surface area contributed by atoms with Crippen LogP contribution in [0.2, 0.25) is 6.04 Å². The molecular weight excluding hydrogens is 471 g/mol. The molecule has 2 aromatic carbocycles. The van der Waals surface area contributed by atoms with Crippen molar-refractivity contribution in [3.8, 4) is 0 Å². The molecule has 0 N–H and O–H groups in total. The first kappa shape index (κ1) is 29.0. The van der Waals surface area contributed by atoms with Crippen molar-refractivity contribution >= 4 is 20.1 Å². The van der Waals surface area contributed by atoms with Gasteiger partial charge in [-0.3, -0.25) is 0 Å². The fourth-order valence-electron chi connectivity index (χ4n) is 4.92. The molecule has 156 valence electrons. The van der Waals surface area contributed by atoms with E-state index in [2.05, 4.69) is 97.5 Å². The molecule has 0 amide bonds. The topological polar surface area (TPSA) is 0 Å². The Balaban J connectivity index is 0.00000261. The van der Waals surface area contributed by atoms with Crippen molar-refractivity contribution in [1.82, 2.24) is 0 Å². The summed E-state index contributed by atoms with van der Waals surface area (Å²) in [5.74, 6) is 0. The quantitative estimate of drug-likeness (QED) is 0.287. The maximum absolute atomic E-state index is 2.55. The third kappa shape index (κ3) is 5.62. The Hall–Kier alpha value is -0.0188. The zero-order valence-electron chi connectivity index (χ0n) is 18.1. The molecule has 1 aliphatic rings. The van der Waals surface area contributed by atoms with Gasteiger partial charge in [0.05, 0.1) is 0 Å². The van der Waals surface area contributed by atoms with Crippen molar-refractivity contribution in [3.05, 3.63) is 69.8 Å². The van der Waals surface area contributed by atoms with Gasteiger partial charge in [0, 0.05) is 0 Å². The SMILES string of the molecule is CCCCC[SiH](c1c(C)cc(C)cc1C)[C]1([Ti+3])C(C)=Cc2ccccc21.[Cl-].[Cl-].[Cl-]. The molecule has 2 aromatic rings. The zero-order chi connectivity index (χ0) is 18.9. The van der Waals surface area contributed by atoms with E-state index in [-0.39, 0.29) is 40.6 Å². The van der Waals surface area contributed by atoms with Crippen LogP contribution in [0.5, 0.6) is 0 Å². The average molecular weight is 502 g/mol. The van der Waals surface area contributed by atoms with E-state index in [4.69, 9.17) is 0 Å². The van der Waals surface area contributed by atoms with Crippen LogP contribution in [0, 0.1) is 20.8 Å². The van der Waals surface area contributed by atoms with Crippen LogP contribution >= 0.6 is 0 Å². The van der Waals surface area contributed by atoms with Gasteiger partial charge < -0.3 is 37.2 Å². The van der Waals surface area contributed by atoms with Crippen LogP contribution in [0.4, 0.5) is 0 Å². The van der Waals surface area contributed by atoms with Gasteiger partial charge in [-0.05, 0) is 0 Å². The molecule has 3 rings (SSSR count). The van der Waals surface area contributed by atoms with Crippen LogP contribution in [0.3, 0.4) is 0 Å². The van der Waals surface area contributed by atoms with Crippen molar-refractivity contribution in [2.45, 2.75) is 63.3 Å². The van der Waals surface area contributed by atoms with Crippen molar-refractivity contribution in [3.63, 3.8) is 0 Å². The molecule has 0 nitrogen and oxygen atoms in total. The van der Waals surface area contributed by atoms with Crippen LogP contribution in [0.1, 0.15) is 60.9 Å². The second-order valence-corrected chi connectivity index (χ2v) is 13.3. The second kappa shape index (κ2) is 12.1. The molecule has 29 heavy (non-hydrogen) atoms. The summed E-state index contributed by atoms with van der Waals surface area (Å²) < 4.78 is 0.231. The Morgan fingerprint density at radius 3 is 2.07 bits per heavy atom. The Morgan fingerprint density at radius 2 is 1.48 bits per heavy atom. The molecule has 2 atom stereocenters. The first-order chi connectivity index (χ1) is 12.4. The minimum Gasteiger partial charge on any atom is -1.00 e. The van der Waals surface area contributed by atoms with E-state index in [1.54, 1.807) is 16.3 Å². The largest absolute Gasteiger partial charge is 1.00 e. The van der Waals surface area contributed by atoms with E-state index in [0.29, 0.717) is 0 Å². The Bertz CT molecular complexity index is 827. The third-order valence-electron chi connectivity index (χ3n) is 6.09. The van der Waals surface area contributed by atoms with Crippen molar-refractivity contribution < 1.29 is 57.7 Å². The summed E-state index contributed by atoms with van der Waals surface area (Å²) in [6.07, 6.45) is 6.47. The number of benzene rings is 2. The molecule has 0 saturated carbocycles. The van der Waals surface area contributed by atoms with Crippen LogP contribution < -0.4 is 42.4 Å². The summed E-state index contributed by atoms with van der Waals surface area (Å²) in [5.41, 5.74) is 9.04. The van der Waals surface area contributed by atoms with E-state index < -0.39 is 8.80 Å². The Kier molecular flexibility index (Phi) is 12.1. The number of fused-ring (bicyclic) bond motifs is 1. The van der Waals surface area contributed by atoms with Crippen LogP contribution in [0.15, 0.2) is 42.0 Å². The molecule has 0 bridgehead atoms. The molecule has 0 saturated heterocycles. The normalized spacial score (nSPS) is 18.0. The molecule has 0 spiro atoms. The molecule has 1 aliphatic carbocycles. The van der Waals surface area contributed by atoms with Gasteiger partial charge in [0.2, 0.25) is 0 Å². The van der Waals surface area contributed by atoms with Crippen molar-refractivity contribution in [2.75, 3.05) is 0 Å². The predicted octanol–water partition coefficient (Wildman–Crippen LogP) is -3.35. The van der Waals surface area contributed by atoms with Gasteiger partial charge in [-0.25, -0.2) is 0 Å². The van der Waals surface area contributed by atoms with Crippen molar-refractivity contribution in [1.29, 1.82) is 0 Å². The predicted molar refractivity (Wildman–Crippen MR) is 114 cm³/mol. The van der Waals surface area contributed by atoms with Gasteiger partial charge >= 0.3 is 174 Å². The standard InChI is InChI=1S/C24H31Si.3ClH.Ti/c1-6-7-10-13-25(23-18(3)14-17(2)15-19(23)4)24-20(5)16-21-11-8-9-12-22(21)24;;;;/h8-9,11-12,14-16,25H,6-7,10,13H2,1-5H3;3*1H;/q;;;;+3/p-3. The molecule has 0 aromatic heterocycles. The first-order valence-corrected chi connectivity index (χ1v) is 12.8.